The number of benzene rings is 2. The lowest BCUT2D eigenvalue weighted by molar-refractivity contribution is -0.150. The molecule has 1 N–H and O–H groups in total. The largest absolute Gasteiger partial charge is 0.481 e. The molecule has 0 saturated heterocycles. The third-order valence-corrected chi connectivity index (χ3v) is 3.82. The fraction of sp³-hybridized carbons (Fsp3) is 0.222. The van der Waals surface area contributed by atoms with Gasteiger partial charge in [-0.2, -0.15) is 0 Å². The summed E-state index contributed by atoms with van der Waals surface area (Å²) in [7, 11) is 0. The third kappa shape index (κ3) is 6.54. The van der Waals surface area contributed by atoms with E-state index in [-0.39, 0.29) is 19.0 Å². The molecule has 2 aromatic rings. The Hall–Kier alpha value is -2.41. The van der Waals surface area contributed by atoms with Crippen molar-refractivity contribution in [3.05, 3.63) is 63.9 Å². The van der Waals surface area contributed by atoms with Crippen molar-refractivity contribution in [2.75, 3.05) is 13.2 Å². The van der Waals surface area contributed by atoms with Crippen molar-refractivity contribution in [1.29, 1.82) is 0 Å². The van der Waals surface area contributed by atoms with E-state index in [0.717, 1.165) is 15.6 Å². The van der Waals surface area contributed by atoms with Crippen molar-refractivity contribution in [3.8, 4) is 5.75 Å². The van der Waals surface area contributed by atoms with Gasteiger partial charge in [0.15, 0.2) is 13.2 Å². The fourth-order valence-corrected chi connectivity index (χ4v) is 2.51. The maximum absolute atomic E-state index is 12.8. The van der Waals surface area contributed by atoms with Crippen molar-refractivity contribution in [2.24, 2.45) is 0 Å². The number of halogens is 2. The summed E-state index contributed by atoms with van der Waals surface area (Å²) < 4.78 is 23.7. The van der Waals surface area contributed by atoms with E-state index in [1.165, 1.54) is 12.1 Å². The molecule has 0 aliphatic carbocycles. The first-order valence-corrected chi connectivity index (χ1v) is 8.29. The van der Waals surface area contributed by atoms with Gasteiger partial charge in [0.05, 0.1) is 4.47 Å². The predicted molar refractivity (Wildman–Crippen MR) is 93.6 cm³/mol. The van der Waals surface area contributed by atoms with Gasteiger partial charge < -0.3 is 14.8 Å². The molecule has 0 saturated carbocycles. The molecule has 0 aromatic heterocycles. The summed E-state index contributed by atoms with van der Waals surface area (Å²) in [6.07, 6.45) is 0. The molecule has 25 heavy (non-hydrogen) atoms. The molecule has 0 aliphatic heterocycles. The van der Waals surface area contributed by atoms with E-state index in [1.54, 1.807) is 18.2 Å². The van der Waals surface area contributed by atoms with Crippen LogP contribution in [0.1, 0.15) is 11.1 Å². The monoisotopic (exact) mass is 409 g/mol. The van der Waals surface area contributed by atoms with Gasteiger partial charge in [-0.25, -0.2) is 9.18 Å². The van der Waals surface area contributed by atoms with Gasteiger partial charge in [0.25, 0.3) is 5.91 Å². The van der Waals surface area contributed by atoms with Crippen molar-refractivity contribution >= 4 is 27.8 Å². The van der Waals surface area contributed by atoms with Crippen LogP contribution in [0.25, 0.3) is 0 Å². The summed E-state index contributed by atoms with van der Waals surface area (Å²) >= 11 is 3.34. The van der Waals surface area contributed by atoms with E-state index in [1.807, 2.05) is 19.1 Å². The minimum absolute atomic E-state index is 0.226. The van der Waals surface area contributed by atoms with Crippen LogP contribution in [-0.2, 0) is 20.9 Å². The smallest absolute Gasteiger partial charge is 0.344 e. The molecule has 7 heteroatoms. The first-order valence-electron chi connectivity index (χ1n) is 7.50. The molecular weight excluding hydrogens is 393 g/mol. The fourth-order valence-electron chi connectivity index (χ4n) is 1.90. The number of nitrogens with one attached hydrogen (secondary N) is 1. The average molecular weight is 410 g/mol. The number of hydrogen-bond donors (Lipinski definition) is 1. The number of amides is 1. The number of aryl methyl sites for hydroxylation is 1. The Morgan fingerprint density at radius 1 is 1.12 bits per heavy atom. The quantitative estimate of drug-likeness (QED) is 0.713. The topological polar surface area (TPSA) is 64.6 Å². The van der Waals surface area contributed by atoms with Crippen LogP contribution in [0.2, 0.25) is 0 Å². The van der Waals surface area contributed by atoms with Gasteiger partial charge in [-0.05, 0) is 58.2 Å². The number of esters is 1. The van der Waals surface area contributed by atoms with Crippen molar-refractivity contribution in [2.45, 2.75) is 13.5 Å². The molecule has 0 fully saturated rings. The molecule has 2 aromatic carbocycles. The van der Waals surface area contributed by atoms with Gasteiger partial charge in [0.1, 0.15) is 11.6 Å². The van der Waals surface area contributed by atoms with Crippen molar-refractivity contribution in [3.63, 3.8) is 0 Å². The number of carbonyl (C=O) groups excluding carboxylic acids is 2. The summed E-state index contributed by atoms with van der Waals surface area (Å²) in [5.41, 5.74) is 1.80. The highest BCUT2D eigenvalue weighted by Gasteiger charge is 2.10. The molecular formula is C18H17BrFNO4. The Kier molecular flexibility index (Phi) is 6.94. The Bertz CT molecular complexity index is 749. The summed E-state index contributed by atoms with van der Waals surface area (Å²) in [6.45, 7) is 1.46. The molecule has 1 amide bonds. The molecule has 0 aliphatic rings. The SMILES string of the molecule is Cc1ccc(OCC(=O)OCC(=O)NCc2ccc(F)cc2)c(Br)c1. The second kappa shape index (κ2) is 9.17. The van der Waals surface area contributed by atoms with Crippen molar-refractivity contribution < 1.29 is 23.5 Å². The third-order valence-electron chi connectivity index (χ3n) is 3.20. The van der Waals surface area contributed by atoms with Crippen LogP contribution in [0, 0.1) is 12.7 Å². The Balaban J connectivity index is 1.68. The van der Waals surface area contributed by atoms with Gasteiger partial charge >= 0.3 is 5.97 Å². The zero-order chi connectivity index (χ0) is 18.2. The van der Waals surface area contributed by atoms with Crippen LogP contribution in [0.5, 0.6) is 5.75 Å². The summed E-state index contributed by atoms with van der Waals surface area (Å²) in [6, 6.07) is 11.2. The molecule has 0 radical (unpaired) electrons. The molecule has 0 heterocycles. The standard InChI is InChI=1S/C18H17BrFNO4/c1-12-2-7-16(15(19)8-12)24-11-18(23)25-10-17(22)21-9-13-3-5-14(20)6-4-13/h2-8H,9-11H2,1H3,(H,21,22). The summed E-state index contributed by atoms with van der Waals surface area (Å²) in [5, 5.41) is 2.58. The lowest BCUT2D eigenvalue weighted by atomic mass is 10.2. The Morgan fingerprint density at radius 2 is 1.84 bits per heavy atom. The molecule has 0 spiro atoms. The molecule has 0 bridgehead atoms. The maximum atomic E-state index is 12.8. The van der Waals surface area contributed by atoms with Gasteiger partial charge in [-0.3, -0.25) is 4.79 Å². The van der Waals surface area contributed by atoms with E-state index in [2.05, 4.69) is 21.2 Å². The van der Waals surface area contributed by atoms with E-state index in [4.69, 9.17) is 9.47 Å². The van der Waals surface area contributed by atoms with Crippen LogP contribution < -0.4 is 10.1 Å². The highest BCUT2D eigenvalue weighted by Crippen LogP contribution is 2.25. The van der Waals surface area contributed by atoms with E-state index in [0.29, 0.717) is 5.75 Å². The van der Waals surface area contributed by atoms with Gasteiger partial charge in [-0.1, -0.05) is 18.2 Å². The van der Waals surface area contributed by atoms with E-state index < -0.39 is 18.5 Å². The molecule has 5 nitrogen and oxygen atoms in total. The van der Waals surface area contributed by atoms with Gasteiger partial charge in [-0.15, -0.1) is 0 Å². The molecule has 132 valence electrons. The lowest BCUT2D eigenvalue weighted by Crippen LogP contribution is -2.29. The Labute approximate surface area is 153 Å². The maximum Gasteiger partial charge on any atom is 0.344 e. The van der Waals surface area contributed by atoms with Gasteiger partial charge in [0, 0.05) is 6.54 Å². The van der Waals surface area contributed by atoms with Gasteiger partial charge in [0.2, 0.25) is 0 Å². The summed E-state index contributed by atoms with van der Waals surface area (Å²) in [5.74, 6) is -0.925. The number of hydrogen-bond acceptors (Lipinski definition) is 4. The highest BCUT2D eigenvalue weighted by molar-refractivity contribution is 9.10. The number of carbonyl (C=O) groups is 2. The highest BCUT2D eigenvalue weighted by atomic mass is 79.9. The molecule has 0 atom stereocenters. The van der Waals surface area contributed by atoms with Crippen LogP contribution in [0.3, 0.4) is 0 Å². The minimum atomic E-state index is -0.649. The normalized spacial score (nSPS) is 10.2. The van der Waals surface area contributed by atoms with E-state index in [9.17, 15) is 14.0 Å². The first-order chi connectivity index (χ1) is 11.9. The van der Waals surface area contributed by atoms with Crippen LogP contribution >= 0.6 is 15.9 Å². The average Bonchev–Trinajstić information content (AvgIpc) is 2.58. The van der Waals surface area contributed by atoms with Crippen LogP contribution in [0.4, 0.5) is 4.39 Å². The Morgan fingerprint density at radius 3 is 2.52 bits per heavy atom. The predicted octanol–water partition coefficient (Wildman–Crippen LogP) is 3.14. The van der Waals surface area contributed by atoms with Crippen LogP contribution in [0.15, 0.2) is 46.9 Å². The second-order valence-corrected chi connectivity index (χ2v) is 6.14. The first kappa shape index (κ1) is 18.9. The number of ether oxygens (including phenoxy) is 2. The zero-order valence-electron chi connectivity index (χ0n) is 13.6. The lowest BCUT2D eigenvalue weighted by Gasteiger charge is -2.09. The second-order valence-electron chi connectivity index (χ2n) is 5.29. The summed E-state index contributed by atoms with van der Waals surface area (Å²) in [4.78, 5) is 23.3. The number of rotatable bonds is 7. The zero-order valence-corrected chi connectivity index (χ0v) is 15.1. The minimum Gasteiger partial charge on any atom is -0.481 e. The molecule has 2 rings (SSSR count). The van der Waals surface area contributed by atoms with E-state index >= 15 is 0 Å². The molecule has 0 unspecified atom stereocenters. The van der Waals surface area contributed by atoms with Crippen LogP contribution in [-0.4, -0.2) is 25.1 Å². The van der Waals surface area contributed by atoms with Crippen molar-refractivity contribution in [1.82, 2.24) is 5.32 Å².